The summed E-state index contributed by atoms with van der Waals surface area (Å²) in [6, 6.07) is 62.2. The van der Waals surface area contributed by atoms with E-state index in [9.17, 15) is 0 Å². The van der Waals surface area contributed by atoms with Crippen LogP contribution in [0.4, 0.5) is 0 Å². The molecule has 0 saturated heterocycles. The van der Waals surface area contributed by atoms with Crippen LogP contribution in [0.1, 0.15) is 0 Å². The molecule has 13 heterocycles. The van der Waals surface area contributed by atoms with Gasteiger partial charge < -0.3 is 49.6 Å². The number of hydrogen-bond acceptors (Lipinski definition) is 14. The fourth-order valence-electron chi connectivity index (χ4n) is 8.44. The second-order valence-electron chi connectivity index (χ2n) is 16.9. The van der Waals surface area contributed by atoms with Crippen LogP contribution in [-0.2, 0) is 39.0 Å². The van der Waals surface area contributed by atoms with Gasteiger partial charge in [0, 0.05) is 95.9 Å². The van der Waals surface area contributed by atoms with Crippen LogP contribution in [0, 0.1) is 0 Å². The van der Waals surface area contributed by atoms with Crippen LogP contribution < -0.4 is 49.6 Å². The molecule has 13 aromatic heterocycles. The Morgan fingerprint density at radius 2 is 0.310 bits per heavy atom. The third-order valence-electron chi connectivity index (χ3n) is 12.0. The smallest absolute Gasteiger partial charge is 1.00 e. The van der Waals surface area contributed by atoms with Crippen molar-refractivity contribution in [1.29, 1.82) is 0 Å². The molecule has 20 heteroatoms. The first-order valence-electron chi connectivity index (χ1n) is 24.8. The Bertz CT molecular complexity index is 3670. The Balaban J connectivity index is 0.000000204. The molecule has 0 aliphatic rings. The number of fused-ring (bicyclic) bond motifs is 12. The molecule has 0 spiro atoms. The van der Waals surface area contributed by atoms with Gasteiger partial charge in [-0.25, -0.2) is 9.97 Å². The van der Waals surface area contributed by atoms with Gasteiger partial charge in [0.2, 0.25) is 0 Å². The zero-order valence-corrected chi connectivity index (χ0v) is 50.4. The Hall–Kier alpha value is -8.71. The van der Waals surface area contributed by atoms with Crippen molar-refractivity contribution in [1.82, 2.24) is 69.8 Å². The van der Waals surface area contributed by atoms with E-state index in [1.165, 1.54) is 0 Å². The molecule has 0 aliphatic carbocycles. The monoisotopic (exact) mass is 1350 g/mol. The van der Waals surface area contributed by atoms with Crippen LogP contribution in [0.3, 0.4) is 0 Å². The molecular formula is C64H44Cl4N14Ru2. The summed E-state index contributed by atoms with van der Waals surface area (Å²) in [6.07, 6.45) is 21.3. The van der Waals surface area contributed by atoms with Crippen molar-refractivity contribution >= 4 is 65.7 Å². The number of aromatic nitrogens is 14. The molecule has 0 saturated carbocycles. The summed E-state index contributed by atoms with van der Waals surface area (Å²) in [5, 5.41) is 3.76. The predicted octanol–water partition coefficient (Wildman–Crippen LogP) is 1.56. The molecule has 84 heavy (non-hydrogen) atoms. The van der Waals surface area contributed by atoms with Crippen molar-refractivity contribution in [3.63, 3.8) is 0 Å². The molecule has 0 fully saturated rings. The minimum absolute atomic E-state index is 0. The zero-order valence-electron chi connectivity index (χ0n) is 43.9. The second kappa shape index (κ2) is 33.4. The van der Waals surface area contributed by atoms with Gasteiger partial charge >= 0.3 is 39.0 Å². The van der Waals surface area contributed by atoms with Crippen molar-refractivity contribution in [2.45, 2.75) is 0 Å². The van der Waals surface area contributed by atoms with Gasteiger partial charge in [-0.2, -0.15) is 0 Å². The van der Waals surface area contributed by atoms with E-state index >= 15 is 0 Å². The van der Waals surface area contributed by atoms with Crippen molar-refractivity contribution in [3.05, 3.63) is 268 Å². The largest absolute Gasteiger partial charge is 2.00 e. The first-order valence-corrected chi connectivity index (χ1v) is 24.8. The van der Waals surface area contributed by atoms with Gasteiger partial charge in [-0.15, -0.1) is 0 Å². The second-order valence-corrected chi connectivity index (χ2v) is 16.9. The van der Waals surface area contributed by atoms with Gasteiger partial charge in [0.25, 0.3) is 0 Å². The maximum Gasteiger partial charge on any atom is 2.00 e. The molecule has 0 atom stereocenters. The standard InChI is InChI=1S/C24H12N6.4C10H8N2.4ClH.2Ru/c1-5-13-17(25-9-1)18-14(6-2-10-26-18)22-21(13)29-23-15-7-3-11-27-19(15)20-16(24(23)30-22)8-4-12-28-20;4*1-3-7-11-9(5-1)10-6-2-4-8-12-10;;;;;;/h1-12H;4*1-8H;4*1H;;/q;;;;;;;;;2*+2/p-4. The molecule has 414 valence electrons. The molecule has 0 unspecified atom stereocenters. The van der Waals surface area contributed by atoms with Gasteiger partial charge in [0.15, 0.2) is 0 Å². The van der Waals surface area contributed by atoms with Crippen LogP contribution in [0.15, 0.2) is 268 Å². The Morgan fingerprint density at radius 1 is 0.155 bits per heavy atom. The van der Waals surface area contributed by atoms with Crippen LogP contribution >= 0.6 is 0 Å². The van der Waals surface area contributed by atoms with Crippen molar-refractivity contribution in [2.24, 2.45) is 0 Å². The number of benzene rings is 2. The SMILES string of the molecule is [Cl-].[Cl-].[Cl-].[Cl-].[Ru+2].[Ru+2].c1ccc(-c2ccccn2)nc1.c1ccc(-c2ccccn2)nc1.c1ccc(-c2ccccn2)nc1.c1ccc(-c2ccccn2)nc1.c1cnc2c(c1)c1nc3c4cccnc4c4ncccc4c3nc1c1cccnc12. The molecule has 0 amide bonds. The maximum absolute atomic E-state index is 5.14. The zero-order chi connectivity index (χ0) is 52.6. The fraction of sp³-hybridized carbons (Fsp3) is 0. The third-order valence-corrected chi connectivity index (χ3v) is 12.0. The molecule has 0 bridgehead atoms. The summed E-state index contributed by atoms with van der Waals surface area (Å²) in [4.78, 5) is 62.2. The average molecular weight is 1350 g/mol. The number of hydrogen-bond donors (Lipinski definition) is 0. The summed E-state index contributed by atoms with van der Waals surface area (Å²) in [5.41, 5.74) is 13.9. The topological polar surface area (TPSA) is 180 Å². The van der Waals surface area contributed by atoms with E-state index in [0.717, 1.165) is 111 Å². The number of rotatable bonds is 4. The van der Waals surface area contributed by atoms with Gasteiger partial charge in [0.05, 0.1) is 89.7 Å². The normalized spacial score (nSPS) is 9.81. The van der Waals surface area contributed by atoms with Crippen LogP contribution in [0.2, 0.25) is 0 Å². The number of pyridine rings is 12. The van der Waals surface area contributed by atoms with Crippen molar-refractivity contribution in [2.75, 3.05) is 0 Å². The van der Waals surface area contributed by atoms with Crippen LogP contribution in [0.25, 0.3) is 111 Å². The van der Waals surface area contributed by atoms with E-state index < -0.39 is 0 Å². The molecular weight excluding hydrogens is 1310 g/mol. The van der Waals surface area contributed by atoms with E-state index in [1.54, 1.807) is 74.4 Å². The minimum Gasteiger partial charge on any atom is -1.00 e. The summed E-state index contributed by atoms with van der Waals surface area (Å²) in [6.45, 7) is 0. The quantitative estimate of drug-likeness (QED) is 0.141. The molecule has 15 rings (SSSR count). The van der Waals surface area contributed by atoms with Crippen LogP contribution in [0.5, 0.6) is 0 Å². The van der Waals surface area contributed by atoms with Crippen LogP contribution in [-0.4, -0.2) is 69.8 Å². The molecule has 0 N–H and O–H groups in total. The van der Waals surface area contributed by atoms with Crippen molar-refractivity contribution in [3.8, 4) is 45.6 Å². The molecule has 0 aliphatic heterocycles. The van der Waals surface area contributed by atoms with Gasteiger partial charge in [0.1, 0.15) is 0 Å². The molecule has 2 aromatic carbocycles. The third kappa shape index (κ3) is 15.9. The van der Waals surface area contributed by atoms with E-state index in [2.05, 4.69) is 59.8 Å². The minimum atomic E-state index is 0. The first-order chi connectivity index (χ1) is 38.8. The Kier molecular flexibility index (Phi) is 26.3. The molecule has 0 radical (unpaired) electrons. The fourth-order valence-corrected chi connectivity index (χ4v) is 8.44. The maximum atomic E-state index is 5.14. The van der Waals surface area contributed by atoms with E-state index in [1.807, 2.05) is 194 Å². The predicted molar refractivity (Wildman–Crippen MR) is 308 cm³/mol. The van der Waals surface area contributed by atoms with E-state index in [4.69, 9.17) is 9.97 Å². The molecule has 14 nitrogen and oxygen atoms in total. The first kappa shape index (κ1) is 66.1. The number of nitrogens with zero attached hydrogens (tertiary/aromatic N) is 14. The van der Waals surface area contributed by atoms with E-state index in [-0.39, 0.29) is 88.6 Å². The van der Waals surface area contributed by atoms with Gasteiger partial charge in [-0.1, -0.05) is 48.5 Å². The van der Waals surface area contributed by atoms with Gasteiger partial charge in [-0.05, 0) is 146 Å². The molecule has 15 aromatic rings. The Morgan fingerprint density at radius 3 is 0.452 bits per heavy atom. The summed E-state index contributed by atoms with van der Waals surface area (Å²) in [7, 11) is 0. The van der Waals surface area contributed by atoms with Gasteiger partial charge in [-0.3, -0.25) is 59.8 Å². The van der Waals surface area contributed by atoms with Crippen molar-refractivity contribution < 1.29 is 88.6 Å². The number of halogens is 4. The summed E-state index contributed by atoms with van der Waals surface area (Å²) in [5.74, 6) is 0. The average Bonchev–Trinajstić information content (AvgIpc) is 0.961. The van der Waals surface area contributed by atoms with E-state index in [0.29, 0.717) is 0 Å². The summed E-state index contributed by atoms with van der Waals surface area (Å²) >= 11 is 0. The Labute approximate surface area is 533 Å². The summed E-state index contributed by atoms with van der Waals surface area (Å²) < 4.78 is 0.